The van der Waals surface area contributed by atoms with Gasteiger partial charge in [-0.3, -0.25) is 0 Å². The maximum Gasteiger partial charge on any atom is 0.226 e. The van der Waals surface area contributed by atoms with Gasteiger partial charge >= 0.3 is 0 Å². The fourth-order valence-electron chi connectivity index (χ4n) is 1.17. The molecule has 0 aliphatic heterocycles. The van der Waals surface area contributed by atoms with Gasteiger partial charge in [0.15, 0.2) is 0 Å². The number of aryl methyl sites for hydroxylation is 1. The molecule has 2 nitrogen and oxygen atoms in total. The van der Waals surface area contributed by atoms with Crippen LogP contribution in [0.15, 0.2) is 41.1 Å². The molecular formula is C10H9NO. The Labute approximate surface area is 70.9 Å². The average molecular weight is 159 g/mol. The lowest BCUT2D eigenvalue weighted by Gasteiger charge is -1.98. The van der Waals surface area contributed by atoms with Crippen LogP contribution in [0.1, 0.15) is 5.56 Å². The number of hydrogen-bond donors (Lipinski definition) is 0. The molecule has 0 saturated carbocycles. The van der Waals surface area contributed by atoms with E-state index in [1.165, 1.54) is 5.56 Å². The van der Waals surface area contributed by atoms with Crippen LogP contribution in [0.2, 0.25) is 0 Å². The van der Waals surface area contributed by atoms with E-state index in [4.69, 9.17) is 4.42 Å². The van der Waals surface area contributed by atoms with Crippen molar-refractivity contribution in [3.8, 4) is 11.5 Å². The maximum atomic E-state index is 5.19. The van der Waals surface area contributed by atoms with E-state index in [1.807, 2.05) is 31.2 Å². The zero-order valence-corrected chi connectivity index (χ0v) is 6.82. The van der Waals surface area contributed by atoms with Crippen molar-refractivity contribution >= 4 is 0 Å². The van der Waals surface area contributed by atoms with Gasteiger partial charge in [0, 0.05) is 5.56 Å². The Kier molecular flexibility index (Phi) is 1.67. The van der Waals surface area contributed by atoms with Gasteiger partial charge in [0.05, 0.1) is 6.20 Å². The van der Waals surface area contributed by atoms with Crippen molar-refractivity contribution in [2.24, 2.45) is 0 Å². The molecule has 0 aliphatic carbocycles. The van der Waals surface area contributed by atoms with Crippen molar-refractivity contribution in [1.29, 1.82) is 0 Å². The van der Waals surface area contributed by atoms with Crippen molar-refractivity contribution in [2.75, 3.05) is 0 Å². The normalized spacial score (nSPS) is 10.1. The number of oxazole rings is 1. The van der Waals surface area contributed by atoms with Crippen molar-refractivity contribution < 1.29 is 4.42 Å². The van der Waals surface area contributed by atoms with Gasteiger partial charge in [0.1, 0.15) is 6.26 Å². The highest BCUT2D eigenvalue weighted by Crippen LogP contribution is 2.20. The summed E-state index contributed by atoms with van der Waals surface area (Å²) in [5.41, 5.74) is 2.24. The number of nitrogens with zero attached hydrogens (tertiary/aromatic N) is 1. The molecule has 0 saturated heterocycles. The lowest BCUT2D eigenvalue weighted by Crippen LogP contribution is -1.80. The third kappa shape index (κ3) is 1.11. The van der Waals surface area contributed by atoms with Crippen molar-refractivity contribution in [1.82, 2.24) is 4.98 Å². The molecule has 2 rings (SSSR count). The molecule has 12 heavy (non-hydrogen) atoms. The molecule has 0 spiro atoms. The lowest BCUT2D eigenvalue weighted by atomic mass is 10.1. The first-order valence-electron chi connectivity index (χ1n) is 3.83. The summed E-state index contributed by atoms with van der Waals surface area (Å²) in [6.07, 6.45) is 3.24. The standard InChI is InChI=1S/C10H9NO/c1-8-4-2-3-5-9(8)10-11-6-7-12-10/h2-7H,1H3. The van der Waals surface area contributed by atoms with Crippen LogP contribution in [0.3, 0.4) is 0 Å². The summed E-state index contributed by atoms with van der Waals surface area (Å²) in [6, 6.07) is 8.02. The predicted octanol–water partition coefficient (Wildman–Crippen LogP) is 2.65. The Balaban J connectivity index is 2.55. The molecule has 1 aromatic heterocycles. The molecule has 0 radical (unpaired) electrons. The van der Waals surface area contributed by atoms with Crippen molar-refractivity contribution in [3.63, 3.8) is 0 Å². The second-order valence-electron chi connectivity index (χ2n) is 2.65. The molecule has 0 N–H and O–H groups in total. The van der Waals surface area contributed by atoms with E-state index in [9.17, 15) is 0 Å². The first-order valence-corrected chi connectivity index (χ1v) is 3.83. The minimum atomic E-state index is 0.688. The van der Waals surface area contributed by atoms with Crippen LogP contribution < -0.4 is 0 Å². The van der Waals surface area contributed by atoms with E-state index in [2.05, 4.69) is 4.98 Å². The number of rotatable bonds is 1. The van der Waals surface area contributed by atoms with Gasteiger partial charge in [0.25, 0.3) is 0 Å². The molecule has 0 bridgehead atoms. The predicted molar refractivity (Wildman–Crippen MR) is 46.7 cm³/mol. The Morgan fingerprint density at radius 2 is 2.08 bits per heavy atom. The minimum absolute atomic E-state index is 0.688. The average Bonchev–Trinajstić information content (AvgIpc) is 2.57. The second kappa shape index (κ2) is 2.81. The van der Waals surface area contributed by atoms with Gasteiger partial charge in [-0.1, -0.05) is 18.2 Å². The van der Waals surface area contributed by atoms with Gasteiger partial charge in [-0.15, -0.1) is 0 Å². The van der Waals surface area contributed by atoms with E-state index in [-0.39, 0.29) is 0 Å². The smallest absolute Gasteiger partial charge is 0.226 e. The summed E-state index contributed by atoms with van der Waals surface area (Å²) < 4.78 is 5.19. The van der Waals surface area contributed by atoms with E-state index in [0.717, 1.165) is 5.56 Å². The molecule has 0 fully saturated rings. The minimum Gasteiger partial charge on any atom is -0.445 e. The Morgan fingerprint density at radius 3 is 2.75 bits per heavy atom. The topological polar surface area (TPSA) is 26.0 Å². The number of benzene rings is 1. The van der Waals surface area contributed by atoms with Crippen LogP contribution >= 0.6 is 0 Å². The van der Waals surface area contributed by atoms with Crippen LogP contribution in [-0.4, -0.2) is 4.98 Å². The third-order valence-electron chi connectivity index (χ3n) is 1.81. The van der Waals surface area contributed by atoms with Crippen LogP contribution in [0.5, 0.6) is 0 Å². The molecule has 1 aromatic carbocycles. The molecule has 60 valence electrons. The molecule has 0 amide bonds. The first-order chi connectivity index (χ1) is 5.88. The number of hydrogen-bond acceptors (Lipinski definition) is 2. The summed E-state index contributed by atoms with van der Waals surface area (Å²) in [5, 5.41) is 0. The van der Waals surface area contributed by atoms with Crippen LogP contribution in [0.25, 0.3) is 11.5 Å². The monoisotopic (exact) mass is 159 g/mol. The molecule has 0 unspecified atom stereocenters. The van der Waals surface area contributed by atoms with Gasteiger partial charge in [-0.2, -0.15) is 0 Å². The van der Waals surface area contributed by atoms with Crippen LogP contribution in [0, 0.1) is 6.92 Å². The van der Waals surface area contributed by atoms with Gasteiger partial charge in [-0.05, 0) is 18.6 Å². The molecule has 2 heteroatoms. The zero-order chi connectivity index (χ0) is 8.39. The molecule has 1 heterocycles. The summed E-state index contributed by atoms with van der Waals surface area (Å²) in [7, 11) is 0. The summed E-state index contributed by atoms with van der Waals surface area (Å²) in [5.74, 6) is 0.688. The fraction of sp³-hybridized carbons (Fsp3) is 0.100. The maximum absolute atomic E-state index is 5.19. The quantitative estimate of drug-likeness (QED) is 0.639. The third-order valence-corrected chi connectivity index (χ3v) is 1.81. The molecule has 0 atom stereocenters. The number of aromatic nitrogens is 1. The SMILES string of the molecule is Cc1ccccc1-c1ncco1. The largest absolute Gasteiger partial charge is 0.445 e. The van der Waals surface area contributed by atoms with Gasteiger partial charge < -0.3 is 4.42 Å². The summed E-state index contributed by atoms with van der Waals surface area (Å²) in [6.45, 7) is 2.04. The lowest BCUT2D eigenvalue weighted by molar-refractivity contribution is 0.574. The summed E-state index contributed by atoms with van der Waals surface area (Å²) in [4.78, 5) is 4.08. The Hall–Kier alpha value is -1.57. The van der Waals surface area contributed by atoms with E-state index >= 15 is 0 Å². The van der Waals surface area contributed by atoms with Crippen molar-refractivity contribution in [2.45, 2.75) is 6.92 Å². The second-order valence-corrected chi connectivity index (χ2v) is 2.65. The highest BCUT2D eigenvalue weighted by Gasteiger charge is 2.03. The Morgan fingerprint density at radius 1 is 1.25 bits per heavy atom. The summed E-state index contributed by atoms with van der Waals surface area (Å²) >= 11 is 0. The highest BCUT2D eigenvalue weighted by molar-refractivity contribution is 5.57. The van der Waals surface area contributed by atoms with E-state index in [1.54, 1.807) is 12.5 Å². The van der Waals surface area contributed by atoms with E-state index < -0.39 is 0 Å². The molecule has 0 aliphatic rings. The Bertz CT molecular complexity index is 365. The first kappa shape index (κ1) is 7.10. The molecule has 2 aromatic rings. The van der Waals surface area contributed by atoms with Gasteiger partial charge in [-0.25, -0.2) is 4.98 Å². The van der Waals surface area contributed by atoms with Gasteiger partial charge in [0.2, 0.25) is 5.89 Å². The van der Waals surface area contributed by atoms with Crippen LogP contribution in [0.4, 0.5) is 0 Å². The van der Waals surface area contributed by atoms with Crippen LogP contribution in [-0.2, 0) is 0 Å². The zero-order valence-electron chi connectivity index (χ0n) is 6.82. The van der Waals surface area contributed by atoms with E-state index in [0.29, 0.717) is 5.89 Å². The molecular weight excluding hydrogens is 150 g/mol. The fourth-order valence-corrected chi connectivity index (χ4v) is 1.17. The highest BCUT2D eigenvalue weighted by atomic mass is 16.3. The van der Waals surface area contributed by atoms with Crippen molar-refractivity contribution in [3.05, 3.63) is 42.3 Å².